The summed E-state index contributed by atoms with van der Waals surface area (Å²) in [5, 5.41) is 11.0. The van der Waals surface area contributed by atoms with Crippen molar-refractivity contribution >= 4 is 29.4 Å². The summed E-state index contributed by atoms with van der Waals surface area (Å²) in [4.78, 5) is 35.3. The van der Waals surface area contributed by atoms with Crippen LogP contribution in [0.5, 0.6) is 5.75 Å². The van der Waals surface area contributed by atoms with Crippen LogP contribution in [-0.4, -0.2) is 34.5 Å². The largest absolute Gasteiger partial charge is 0.478 e. The number of carbonyl (C=O) groups is 3. The van der Waals surface area contributed by atoms with Crippen LogP contribution in [0.25, 0.3) is 6.08 Å². The van der Waals surface area contributed by atoms with E-state index < -0.39 is 23.7 Å². The summed E-state index contributed by atoms with van der Waals surface area (Å²) >= 11 is 0. The number of halogens is 3. The number of nitrogens with one attached hydrogen (secondary N) is 1. The van der Waals surface area contributed by atoms with Crippen molar-refractivity contribution in [2.45, 2.75) is 38.5 Å². The fourth-order valence-corrected chi connectivity index (χ4v) is 3.20. The molecule has 0 radical (unpaired) electrons. The van der Waals surface area contributed by atoms with Crippen LogP contribution in [0, 0.1) is 0 Å². The number of aliphatic carboxylic acids is 1. The van der Waals surface area contributed by atoms with Gasteiger partial charge in [0.2, 0.25) is 0 Å². The van der Waals surface area contributed by atoms with Gasteiger partial charge in [0.15, 0.2) is 11.4 Å². The molecule has 32 heavy (non-hydrogen) atoms. The van der Waals surface area contributed by atoms with E-state index in [4.69, 9.17) is 4.74 Å². The molecule has 6 nitrogen and oxygen atoms in total. The van der Waals surface area contributed by atoms with Crippen molar-refractivity contribution in [3.8, 4) is 5.75 Å². The van der Waals surface area contributed by atoms with Gasteiger partial charge in [-0.15, -0.1) is 0 Å². The number of fused-ring (bicyclic) bond motifs is 1. The van der Waals surface area contributed by atoms with Crippen molar-refractivity contribution in [1.82, 2.24) is 0 Å². The van der Waals surface area contributed by atoms with Crippen LogP contribution in [0.1, 0.15) is 41.8 Å². The second-order valence-electron chi connectivity index (χ2n) is 7.81. The molecule has 0 aromatic heterocycles. The number of hydrogen-bond acceptors (Lipinski definition) is 4. The zero-order valence-corrected chi connectivity index (χ0v) is 17.2. The number of anilines is 1. The third kappa shape index (κ3) is 5.16. The lowest BCUT2D eigenvalue weighted by atomic mass is 9.86. The van der Waals surface area contributed by atoms with Crippen LogP contribution in [0.3, 0.4) is 0 Å². The van der Waals surface area contributed by atoms with E-state index in [2.05, 4.69) is 0 Å². The zero-order chi connectivity index (χ0) is 23.7. The summed E-state index contributed by atoms with van der Waals surface area (Å²) in [6.45, 7) is 2.85. The summed E-state index contributed by atoms with van der Waals surface area (Å²) in [6, 6.07) is 10.5. The zero-order valence-electron chi connectivity index (χ0n) is 17.2. The van der Waals surface area contributed by atoms with Crippen LogP contribution < -0.4 is 10.1 Å². The maximum atomic E-state index is 12.9. The van der Waals surface area contributed by atoms with Crippen molar-refractivity contribution in [1.29, 1.82) is 0 Å². The Hall–Kier alpha value is -3.62. The molecule has 1 amide bonds. The number of Topliss-reactive ketones (excluding diaryl/α,β-unsaturated/α-hetero) is 1. The highest BCUT2D eigenvalue weighted by Gasteiger charge is 2.38. The summed E-state index contributed by atoms with van der Waals surface area (Å²) in [5.41, 5.74) is 0.649. The number of ether oxygens (including phenoxy) is 1. The Kier molecular flexibility index (Phi) is 6.11. The number of aryl methyl sites for hydroxylation is 1. The first-order valence-electron chi connectivity index (χ1n) is 9.66. The van der Waals surface area contributed by atoms with E-state index >= 15 is 0 Å². The van der Waals surface area contributed by atoms with E-state index in [0.29, 0.717) is 35.3 Å². The number of amides is 1. The van der Waals surface area contributed by atoms with Crippen molar-refractivity contribution in [2.75, 3.05) is 5.32 Å². The Balaban J connectivity index is 1.80. The molecule has 2 aromatic carbocycles. The van der Waals surface area contributed by atoms with Gasteiger partial charge in [0.1, 0.15) is 5.75 Å². The van der Waals surface area contributed by atoms with Gasteiger partial charge >= 0.3 is 18.1 Å². The van der Waals surface area contributed by atoms with Gasteiger partial charge in [-0.1, -0.05) is 12.1 Å². The number of carbonyl (C=O) groups excluding carboxylic acids is 2. The molecule has 9 heteroatoms. The first-order valence-corrected chi connectivity index (χ1v) is 9.66. The van der Waals surface area contributed by atoms with Gasteiger partial charge in [0.25, 0.3) is 0 Å². The van der Waals surface area contributed by atoms with Crippen LogP contribution in [0.15, 0.2) is 48.0 Å². The number of rotatable bonds is 5. The van der Waals surface area contributed by atoms with Gasteiger partial charge in [-0.25, -0.2) is 4.79 Å². The molecular weight excluding hydrogens is 427 g/mol. The predicted molar refractivity (Wildman–Crippen MR) is 111 cm³/mol. The van der Waals surface area contributed by atoms with E-state index in [1.807, 2.05) is 0 Å². The molecule has 0 saturated heterocycles. The van der Waals surface area contributed by atoms with Gasteiger partial charge in [0, 0.05) is 16.8 Å². The highest BCUT2D eigenvalue weighted by molar-refractivity contribution is 6.13. The Morgan fingerprint density at radius 2 is 1.81 bits per heavy atom. The van der Waals surface area contributed by atoms with E-state index in [9.17, 15) is 32.7 Å². The number of allylic oxidation sites excluding steroid dienone is 1. The third-order valence-electron chi connectivity index (χ3n) is 4.91. The summed E-state index contributed by atoms with van der Waals surface area (Å²) in [7, 11) is 0. The van der Waals surface area contributed by atoms with Gasteiger partial charge < -0.3 is 15.2 Å². The Morgan fingerprint density at radius 3 is 2.47 bits per heavy atom. The van der Waals surface area contributed by atoms with Gasteiger partial charge in [-0.05, 0) is 74.2 Å². The maximum absolute atomic E-state index is 12.9. The van der Waals surface area contributed by atoms with Gasteiger partial charge in [-0.3, -0.25) is 9.59 Å². The summed E-state index contributed by atoms with van der Waals surface area (Å²) < 4.78 is 42.9. The van der Waals surface area contributed by atoms with E-state index in [1.54, 1.807) is 29.6 Å². The molecule has 0 saturated carbocycles. The van der Waals surface area contributed by atoms with Crippen molar-refractivity contribution in [2.24, 2.45) is 0 Å². The predicted octanol–water partition coefficient (Wildman–Crippen LogP) is 4.64. The molecule has 0 atom stereocenters. The van der Waals surface area contributed by atoms with Crippen LogP contribution >= 0.6 is 0 Å². The first-order chi connectivity index (χ1) is 14.9. The van der Waals surface area contributed by atoms with Crippen molar-refractivity contribution in [3.05, 3.63) is 64.7 Å². The van der Waals surface area contributed by atoms with Gasteiger partial charge in [0.05, 0.1) is 0 Å². The third-order valence-corrected chi connectivity index (χ3v) is 4.91. The normalized spacial score (nSPS) is 15.3. The highest BCUT2D eigenvalue weighted by Crippen LogP contribution is 2.31. The van der Waals surface area contributed by atoms with Crippen LogP contribution in [0.4, 0.5) is 18.9 Å². The second kappa shape index (κ2) is 8.49. The van der Waals surface area contributed by atoms with E-state index in [1.165, 1.54) is 38.1 Å². The molecule has 1 aliphatic rings. The highest BCUT2D eigenvalue weighted by atomic mass is 19.4. The molecule has 0 unspecified atom stereocenters. The summed E-state index contributed by atoms with van der Waals surface area (Å²) in [6.07, 6.45) is -2.54. The molecule has 0 aliphatic heterocycles. The number of carboxylic acids is 1. The molecule has 0 heterocycles. The summed E-state index contributed by atoms with van der Waals surface area (Å²) in [5.74, 6) is -3.09. The molecule has 0 fully saturated rings. The Bertz CT molecular complexity index is 1120. The Labute approximate surface area is 181 Å². The smallest absolute Gasteiger partial charge is 0.471 e. The lowest BCUT2D eigenvalue weighted by molar-refractivity contribution is -0.167. The standard InChI is InChI=1S/C23H20F3NO5/c1-22(2,21(30)31)32-17-8-9-18-14(12-17)6-7-15(19(18)28)10-13-4-3-5-16(11-13)27-20(29)23(24,25)26/h3-5,8-12H,6-7H2,1-2H3,(H,27,29)(H,30,31). The molecule has 3 rings (SSSR count). The van der Waals surface area contributed by atoms with E-state index in [0.717, 1.165) is 5.56 Å². The van der Waals surface area contributed by atoms with Crippen molar-refractivity contribution < 1.29 is 37.4 Å². The number of carboxylic acid groups (broad SMARTS) is 1. The minimum atomic E-state index is -5.00. The maximum Gasteiger partial charge on any atom is 0.471 e. The topological polar surface area (TPSA) is 92.7 Å². The molecule has 1 aliphatic carbocycles. The number of alkyl halides is 3. The molecule has 0 bridgehead atoms. The molecule has 2 N–H and O–H groups in total. The van der Waals surface area contributed by atoms with Crippen molar-refractivity contribution in [3.63, 3.8) is 0 Å². The first kappa shape index (κ1) is 23.1. The fraction of sp³-hybridized carbons (Fsp3) is 0.261. The average molecular weight is 447 g/mol. The molecule has 168 valence electrons. The quantitative estimate of drug-likeness (QED) is 0.652. The van der Waals surface area contributed by atoms with E-state index in [-0.39, 0.29) is 11.5 Å². The number of hydrogen-bond donors (Lipinski definition) is 2. The monoisotopic (exact) mass is 447 g/mol. The van der Waals surface area contributed by atoms with Crippen LogP contribution in [0.2, 0.25) is 0 Å². The fourth-order valence-electron chi connectivity index (χ4n) is 3.20. The SMILES string of the molecule is CC(C)(Oc1ccc2c(c1)CCC(=Cc1cccc(NC(=O)C(F)(F)F)c1)C2=O)C(=O)O. The van der Waals surface area contributed by atoms with Crippen LogP contribution in [-0.2, 0) is 16.0 Å². The number of benzene rings is 2. The Morgan fingerprint density at radius 1 is 1.09 bits per heavy atom. The average Bonchev–Trinajstić information content (AvgIpc) is 2.69. The molecule has 0 spiro atoms. The minimum absolute atomic E-state index is 0.0341. The lowest BCUT2D eigenvalue weighted by Gasteiger charge is -2.23. The second-order valence-corrected chi connectivity index (χ2v) is 7.81. The molecule has 2 aromatic rings. The number of ketones is 1. The lowest BCUT2D eigenvalue weighted by Crippen LogP contribution is -2.37. The molecular formula is C23H20F3NO5. The van der Waals surface area contributed by atoms with Gasteiger partial charge in [-0.2, -0.15) is 13.2 Å². The minimum Gasteiger partial charge on any atom is -0.478 e.